The Morgan fingerprint density at radius 3 is 2.57 bits per heavy atom. The van der Waals surface area contributed by atoms with Crippen LogP contribution in [0.15, 0.2) is 0 Å². The number of carbonyl (C=O) groups excluding carboxylic acids is 1. The first-order chi connectivity index (χ1) is 10.3. The average Bonchev–Trinajstić information content (AvgIpc) is 2.94. The first-order valence-corrected chi connectivity index (χ1v) is 8.83. The summed E-state index contributed by atoms with van der Waals surface area (Å²) in [5.74, 6) is 0.615. The first-order valence-electron chi connectivity index (χ1n) is 8.83. The minimum atomic E-state index is -0.389. The Morgan fingerprint density at radius 2 is 1.81 bits per heavy atom. The Labute approximate surface area is 127 Å². The van der Waals surface area contributed by atoms with Crippen molar-refractivity contribution in [2.45, 2.75) is 82.5 Å². The van der Waals surface area contributed by atoms with E-state index in [2.05, 4.69) is 5.32 Å². The summed E-state index contributed by atoms with van der Waals surface area (Å²) in [5.41, 5.74) is 0. The van der Waals surface area contributed by atoms with E-state index in [1.54, 1.807) is 0 Å². The van der Waals surface area contributed by atoms with E-state index in [-0.39, 0.29) is 17.7 Å². The van der Waals surface area contributed by atoms with Gasteiger partial charge in [0.15, 0.2) is 5.79 Å². The Balaban J connectivity index is 1.39. The van der Waals surface area contributed by atoms with Crippen molar-refractivity contribution in [3.05, 3.63) is 0 Å². The van der Waals surface area contributed by atoms with E-state index >= 15 is 0 Å². The normalized spacial score (nSPS) is 29.6. The molecular formula is C17H29NO3. The lowest BCUT2D eigenvalue weighted by Crippen LogP contribution is -2.46. The molecule has 1 aliphatic heterocycles. The quantitative estimate of drug-likeness (QED) is 0.866. The second kappa shape index (κ2) is 7.10. The molecule has 3 aliphatic rings. The number of amides is 1. The summed E-state index contributed by atoms with van der Waals surface area (Å²) < 4.78 is 11.5. The van der Waals surface area contributed by atoms with Gasteiger partial charge in [0.05, 0.1) is 13.2 Å². The molecule has 1 saturated heterocycles. The van der Waals surface area contributed by atoms with Crippen LogP contribution in [-0.2, 0) is 14.3 Å². The van der Waals surface area contributed by atoms with Crippen molar-refractivity contribution in [2.75, 3.05) is 13.2 Å². The Kier molecular flexibility index (Phi) is 5.17. The predicted molar refractivity (Wildman–Crippen MR) is 80.8 cm³/mol. The summed E-state index contributed by atoms with van der Waals surface area (Å²) in [6.07, 6.45) is 12.4. The molecule has 3 rings (SSSR count). The van der Waals surface area contributed by atoms with Gasteiger partial charge in [-0.3, -0.25) is 4.79 Å². The molecule has 120 valence electrons. The average molecular weight is 295 g/mol. The largest absolute Gasteiger partial charge is 0.353 e. The Morgan fingerprint density at radius 1 is 1.05 bits per heavy atom. The molecule has 0 radical (unpaired) electrons. The maximum absolute atomic E-state index is 12.2. The van der Waals surface area contributed by atoms with Crippen molar-refractivity contribution in [3.8, 4) is 0 Å². The van der Waals surface area contributed by atoms with Gasteiger partial charge in [-0.05, 0) is 25.2 Å². The highest BCUT2D eigenvalue weighted by Gasteiger charge is 2.41. The van der Waals surface area contributed by atoms with Crippen LogP contribution in [0.2, 0.25) is 0 Å². The van der Waals surface area contributed by atoms with Crippen LogP contribution in [0.4, 0.5) is 0 Å². The Hall–Kier alpha value is -0.610. The summed E-state index contributed by atoms with van der Waals surface area (Å²) in [7, 11) is 0. The van der Waals surface area contributed by atoms with Crippen LogP contribution in [0.1, 0.15) is 70.6 Å². The van der Waals surface area contributed by atoms with Crippen molar-refractivity contribution >= 4 is 5.91 Å². The van der Waals surface area contributed by atoms with Gasteiger partial charge < -0.3 is 14.8 Å². The van der Waals surface area contributed by atoms with Crippen LogP contribution >= 0.6 is 0 Å². The van der Waals surface area contributed by atoms with Crippen molar-refractivity contribution in [3.63, 3.8) is 0 Å². The van der Waals surface area contributed by atoms with Crippen LogP contribution in [0, 0.1) is 5.92 Å². The monoisotopic (exact) mass is 295 g/mol. The molecule has 0 aromatic rings. The molecule has 3 fully saturated rings. The summed E-state index contributed by atoms with van der Waals surface area (Å²) in [4.78, 5) is 12.2. The van der Waals surface area contributed by atoms with E-state index < -0.39 is 0 Å². The zero-order chi connectivity index (χ0) is 14.5. The summed E-state index contributed by atoms with van der Waals surface area (Å²) in [6.45, 7) is 1.39. The van der Waals surface area contributed by atoms with Crippen LogP contribution < -0.4 is 5.32 Å². The van der Waals surface area contributed by atoms with Crippen molar-refractivity contribution in [1.29, 1.82) is 0 Å². The molecule has 1 amide bonds. The zero-order valence-electron chi connectivity index (χ0n) is 13.1. The fraction of sp³-hybridized carbons (Fsp3) is 0.941. The second-order valence-corrected chi connectivity index (χ2v) is 7.01. The van der Waals surface area contributed by atoms with Crippen LogP contribution in [0.5, 0.6) is 0 Å². The molecule has 4 heteroatoms. The van der Waals surface area contributed by atoms with Gasteiger partial charge in [0.1, 0.15) is 0 Å². The highest BCUT2D eigenvalue weighted by atomic mass is 16.7. The fourth-order valence-electron chi connectivity index (χ4n) is 4.19. The number of hydrogen-bond acceptors (Lipinski definition) is 3. The lowest BCUT2D eigenvalue weighted by molar-refractivity contribution is -0.182. The molecule has 21 heavy (non-hydrogen) atoms. The lowest BCUT2D eigenvalue weighted by atomic mass is 9.86. The van der Waals surface area contributed by atoms with E-state index in [0.717, 1.165) is 38.0 Å². The van der Waals surface area contributed by atoms with Gasteiger partial charge in [0.25, 0.3) is 0 Å². The SMILES string of the molecule is O=C(CCC1CCCCC1)N[C@H]1CCCC2(C1)OCCO2. The third-order valence-corrected chi connectivity index (χ3v) is 5.35. The van der Waals surface area contributed by atoms with Crippen LogP contribution in [0.25, 0.3) is 0 Å². The molecule has 4 nitrogen and oxygen atoms in total. The third kappa shape index (κ3) is 4.19. The van der Waals surface area contributed by atoms with Gasteiger partial charge in [-0.25, -0.2) is 0 Å². The van der Waals surface area contributed by atoms with Gasteiger partial charge >= 0.3 is 0 Å². The number of rotatable bonds is 4. The molecular weight excluding hydrogens is 266 g/mol. The first kappa shape index (κ1) is 15.3. The van der Waals surface area contributed by atoms with Gasteiger partial charge in [-0.15, -0.1) is 0 Å². The van der Waals surface area contributed by atoms with Gasteiger partial charge in [-0.1, -0.05) is 32.1 Å². The molecule has 1 spiro atoms. The molecule has 1 atom stereocenters. The van der Waals surface area contributed by atoms with Crippen molar-refractivity contribution in [1.82, 2.24) is 5.32 Å². The summed E-state index contributed by atoms with van der Waals surface area (Å²) in [5, 5.41) is 3.21. The molecule has 1 heterocycles. The van der Waals surface area contributed by atoms with E-state index in [0.29, 0.717) is 19.6 Å². The number of nitrogens with one attached hydrogen (secondary N) is 1. The number of carbonyl (C=O) groups is 1. The zero-order valence-corrected chi connectivity index (χ0v) is 13.1. The molecule has 0 aromatic carbocycles. The molecule has 0 aromatic heterocycles. The highest BCUT2D eigenvalue weighted by molar-refractivity contribution is 5.76. The Bertz CT molecular complexity index is 346. The standard InChI is InChI=1S/C17H29NO3/c19-16(9-8-14-5-2-1-3-6-14)18-15-7-4-10-17(13-15)20-11-12-21-17/h14-15H,1-13H2,(H,18,19)/t15-/m0/s1. The topological polar surface area (TPSA) is 47.6 Å². The summed E-state index contributed by atoms with van der Waals surface area (Å²) >= 11 is 0. The molecule has 0 unspecified atom stereocenters. The lowest BCUT2D eigenvalue weighted by Gasteiger charge is -2.36. The minimum Gasteiger partial charge on any atom is -0.353 e. The van der Waals surface area contributed by atoms with Crippen LogP contribution in [0.3, 0.4) is 0 Å². The third-order valence-electron chi connectivity index (χ3n) is 5.35. The smallest absolute Gasteiger partial charge is 0.220 e. The maximum Gasteiger partial charge on any atom is 0.220 e. The molecule has 2 saturated carbocycles. The minimum absolute atomic E-state index is 0.223. The molecule has 0 bridgehead atoms. The second-order valence-electron chi connectivity index (χ2n) is 7.01. The van der Waals surface area contributed by atoms with Crippen molar-refractivity contribution < 1.29 is 14.3 Å². The predicted octanol–water partition coefficient (Wildman–Crippen LogP) is 3.15. The van der Waals surface area contributed by atoms with Crippen LogP contribution in [-0.4, -0.2) is 30.9 Å². The van der Waals surface area contributed by atoms with Crippen molar-refractivity contribution in [2.24, 2.45) is 5.92 Å². The van der Waals surface area contributed by atoms with Gasteiger partial charge in [0, 0.05) is 25.3 Å². The van der Waals surface area contributed by atoms with Gasteiger partial charge in [-0.2, -0.15) is 0 Å². The molecule has 2 aliphatic carbocycles. The van der Waals surface area contributed by atoms with E-state index in [4.69, 9.17) is 9.47 Å². The van der Waals surface area contributed by atoms with E-state index in [9.17, 15) is 4.79 Å². The van der Waals surface area contributed by atoms with E-state index in [1.165, 1.54) is 32.1 Å². The van der Waals surface area contributed by atoms with Gasteiger partial charge in [0.2, 0.25) is 5.91 Å². The number of ether oxygens (including phenoxy) is 2. The maximum atomic E-state index is 12.2. The van der Waals surface area contributed by atoms with E-state index in [1.807, 2.05) is 0 Å². The summed E-state index contributed by atoms with van der Waals surface area (Å²) in [6, 6.07) is 0.232. The molecule has 1 N–H and O–H groups in total. The number of hydrogen-bond donors (Lipinski definition) is 1. The highest BCUT2D eigenvalue weighted by Crippen LogP contribution is 2.35. The fourth-order valence-corrected chi connectivity index (χ4v) is 4.19.